The number of benzene rings is 3. The van der Waals surface area contributed by atoms with Crippen LogP contribution in [0, 0.1) is 5.82 Å². The Labute approximate surface area is 193 Å². The van der Waals surface area contributed by atoms with Crippen LogP contribution in [0.4, 0.5) is 17.6 Å². The van der Waals surface area contributed by atoms with E-state index in [0.717, 1.165) is 22.6 Å². The van der Waals surface area contributed by atoms with Gasteiger partial charge >= 0.3 is 6.18 Å². The molecule has 0 aliphatic heterocycles. The Morgan fingerprint density at radius 3 is 2.27 bits per heavy atom. The first-order chi connectivity index (χ1) is 15.6. The maximum Gasteiger partial charge on any atom is 0.416 e. The fraction of sp³-hybridized carbons (Fsp3) is 0.208. The Morgan fingerprint density at radius 1 is 1.00 bits per heavy atom. The van der Waals surface area contributed by atoms with E-state index in [2.05, 4.69) is 5.32 Å². The van der Waals surface area contributed by atoms with Gasteiger partial charge in [0.15, 0.2) is 0 Å². The van der Waals surface area contributed by atoms with Crippen molar-refractivity contribution in [2.75, 3.05) is 20.7 Å². The molecule has 3 aromatic carbocycles. The van der Waals surface area contributed by atoms with Gasteiger partial charge in [-0.2, -0.15) is 13.2 Å². The smallest absolute Gasteiger partial charge is 0.416 e. The number of halogens is 4. The van der Waals surface area contributed by atoms with E-state index in [0.29, 0.717) is 16.9 Å². The molecule has 3 rings (SSSR count). The molecule has 0 bridgehead atoms. The maximum atomic E-state index is 13.0. The molecule has 1 N–H and O–H groups in total. The Bertz CT molecular complexity index is 1090. The lowest BCUT2D eigenvalue weighted by molar-refractivity contribution is -0.137. The van der Waals surface area contributed by atoms with Crippen molar-refractivity contribution in [3.05, 3.63) is 83.7 Å². The molecule has 0 aliphatic carbocycles. The lowest BCUT2D eigenvalue weighted by atomic mass is 10.0. The van der Waals surface area contributed by atoms with E-state index in [1.54, 1.807) is 41.7 Å². The molecule has 0 spiro atoms. The lowest BCUT2D eigenvalue weighted by Gasteiger charge is -2.16. The van der Waals surface area contributed by atoms with Crippen molar-refractivity contribution in [2.45, 2.75) is 17.6 Å². The summed E-state index contributed by atoms with van der Waals surface area (Å²) in [6.07, 6.45) is -4.40. The number of likely N-dealkylation sites (N-methyl/N-ethyl adjacent to an activating group) is 1. The van der Waals surface area contributed by atoms with Crippen molar-refractivity contribution in [2.24, 2.45) is 0 Å². The van der Waals surface area contributed by atoms with Crippen LogP contribution in [0.15, 0.2) is 71.6 Å². The summed E-state index contributed by atoms with van der Waals surface area (Å²) >= 11 is 1.32. The average Bonchev–Trinajstić information content (AvgIpc) is 2.78. The second kappa shape index (κ2) is 10.7. The predicted molar refractivity (Wildman–Crippen MR) is 120 cm³/mol. The van der Waals surface area contributed by atoms with Gasteiger partial charge in [-0.3, -0.25) is 4.79 Å². The highest BCUT2D eigenvalue weighted by atomic mass is 32.2. The van der Waals surface area contributed by atoms with Gasteiger partial charge in [0.1, 0.15) is 11.6 Å². The number of carbonyl (C=O) groups excluding carboxylic acids is 1. The second-order valence-electron chi connectivity index (χ2n) is 7.25. The van der Waals surface area contributed by atoms with Crippen LogP contribution in [0.5, 0.6) is 5.75 Å². The van der Waals surface area contributed by atoms with Crippen molar-refractivity contribution in [1.82, 2.24) is 9.62 Å². The minimum atomic E-state index is -4.40. The first-order valence-corrected chi connectivity index (χ1v) is 10.7. The zero-order valence-corrected chi connectivity index (χ0v) is 18.8. The topological polar surface area (TPSA) is 41.6 Å². The third-order valence-electron chi connectivity index (χ3n) is 4.68. The minimum absolute atomic E-state index is 0.109. The summed E-state index contributed by atoms with van der Waals surface area (Å²) < 4.78 is 58.5. The van der Waals surface area contributed by atoms with Gasteiger partial charge in [0.25, 0.3) is 0 Å². The molecule has 1 amide bonds. The van der Waals surface area contributed by atoms with Gasteiger partial charge in [-0.05, 0) is 90.3 Å². The van der Waals surface area contributed by atoms with Crippen molar-refractivity contribution >= 4 is 17.9 Å². The third-order valence-corrected chi connectivity index (χ3v) is 5.60. The lowest BCUT2D eigenvalue weighted by Crippen LogP contribution is -2.31. The molecule has 0 saturated carbocycles. The maximum absolute atomic E-state index is 13.0. The van der Waals surface area contributed by atoms with E-state index < -0.39 is 11.7 Å². The number of rotatable bonds is 8. The van der Waals surface area contributed by atoms with E-state index in [9.17, 15) is 22.4 Å². The number of nitrogens with zero attached hydrogens (tertiary/aromatic N) is 1. The molecule has 174 valence electrons. The van der Waals surface area contributed by atoms with Crippen molar-refractivity contribution in [1.29, 1.82) is 0 Å². The summed E-state index contributed by atoms with van der Waals surface area (Å²) in [6, 6.07) is 16.1. The van der Waals surface area contributed by atoms with E-state index >= 15 is 0 Å². The highest BCUT2D eigenvalue weighted by molar-refractivity contribution is 7.97. The van der Waals surface area contributed by atoms with Crippen LogP contribution in [0.25, 0.3) is 11.1 Å². The molecular formula is C24H22F4N2O2S. The van der Waals surface area contributed by atoms with Gasteiger partial charge in [0, 0.05) is 11.4 Å². The summed E-state index contributed by atoms with van der Waals surface area (Å²) in [5.41, 5.74) is 1.30. The summed E-state index contributed by atoms with van der Waals surface area (Å²) in [6.45, 7) is 0.330. The Hall–Kier alpha value is -3.04. The second-order valence-corrected chi connectivity index (χ2v) is 8.53. The van der Waals surface area contributed by atoms with Gasteiger partial charge in [-0.15, -0.1) is 0 Å². The third kappa shape index (κ3) is 7.23. The van der Waals surface area contributed by atoms with Gasteiger partial charge in [0.05, 0.1) is 19.2 Å². The number of ether oxygens (including phenoxy) is 1. The average molecular weight is 479 g/mol. The molecule has 0 atom stereocenters. The highest BCUT2D eigenvalue weighted by Gasteiger charge is 2.30. The van der Waals surface area contributed by atoms with Crippen LogP contribution in [-0.2, 0) is 17.5 Å². The van der Waals surface area contributed by atoms with Crippen LogP contribution in [-0.4, -0.2) is 30.9 Å². The zero-order chi connectivity index (χ0) is 24.0. The summed E-state index contributed by atoms with van der Waals surface area (Å²) in [4.78, 5) is 13.2. The molecule has 3 aromatic rings. The molecule has 0 radical (unpaired) electrons. The number of nitrogens with one attached hydrogen (secondary N) is 1. The number of hydrogen-bond donors (Lipinski definition) is 1. The fourth-order valence-electron chi connectivity index (χ4n) is 3.07. The molecule has 0 heterocycles. The SMILES string of the molecule is COc1cc(CNC(=O)CN(C)Sc2ccc(F)cc2)cc(-c2ccc(C(F)(F)F)cc2)c1. The van der Waals surface area contributed by atoms with E-state index in [1.807, 2.05) is 0 Å². The van der Waals surface area contributed by atoms with Gasteiger partial charge < -0.3 is 10.1 Å². The van der Waals surface area contributed by atoms with E-state index in [4.69, 9.17) is 4.74 Å². The Kier molecular flexibility index (Phi) is 7.99. The molecule has 4 nitrogen and oxygen atoms in total. The van der Waals surface area contributed by atoms with E-state index in [-0.39, 0.29) is 24.8 Å². The normalized spacial score (nSPS) is 11.5. The monoisotopic (exact) mass is 478 g/mol. The first-order valence-electron chi connectivity index (χ1n) is 9.91. The number of hydrogen-bond acceptors (Lipinski definition) is 4. The highest BCUT2D eigenvalue weighted by Crippen LogP contribution is 2.32. The largest absolute Gasteiger partial charge is 0.497 e. The quantitative estimate of drug-likeness (QED) is 0.329. The molecule has 0 aromatic heterocycles. The summed E-state index contributed by atoms with van der Waals surface area (Å²) in [5, 5.41) is 2.83. The molecule has 0 aliphatic rings. The minimum Gasteiger partial charge on any atom is -0.497 e. The first kappa shape index (κ1) is 24.6. The molecular weight excluding hydrogens is 456 g/mol. The predicted octanol–water partition coefficient (Wildman–Crippen LogP) is 5.78. The van der Waals surface area contributed by atoms with Gasteiger partial charge in [-0.25, -0.2) is 8.70 Å². The van der Waals surface area contributed by atoms with Crippen LogP contribution in [0.2, 0.25) is 0 Å². The van der Waals surface area contributed by atoms with Crippen molar-refractivity contribution in [3.63, 3.8) is 0 Å². The summed E-state index contributed by atoms with van der Waals surface area (Å²) in [7, 11) is 3.25. The molecule has 0 unspecified atom stereocenters. The number of carbonyl (C=O) groups is 1. The van der Waals surface area contributed by atoms with Crippen LogP contribution < -0.4 is 10.1 Å². The zero-order valence-electron chi connectivity index (χ0n) is 17.9. The number of amides is 1. The van der Waals surface area contributed by atoms with E-state index in [1.165, 1.54) is 43.3 Å². The van der Waals surface area contributed by atoms with Crippen LogP contribution >= 0.6 is 11.9 Å². The van der Waals surface area contributed by atoms with Crippen LogP contribution in [0.1, 0.15) is 11.1 Å². The molecule has 9 heteroatoms. The summed E-state index contributed by atoms with van der Waals surface area (Å²) in [5.74, 6) is -0.0136. The molecule has 33 heavy (non-hydrogen) atoms. The number of methoxy groups -OCH3 is 1. The van der Waals surface area contributed by atoms with Crippen molar-refractivity contribution < 1.29 is 27.1 Å². The van der Waals surface area contributed by atoms with Crippen LogP contribution in [0.3, 0.4) is 0 Å². The fourth-order valence-corrected chi connectivity index (χ4v) is 3.86. The Balaban J connectivity index is 1.63. The van der Waals surface area contributed by atoms with Gasteiger partial charge in [0.2, 0.25) is 5.91 Å². The number of alkyl halides is 3. The Morgan fingerprint density at radius 2 is 1.67 bits per heavy atom. The molecule has 0 saturated heterocycles. The van der Waals surface area contributed by atoms with Gasteiger partial charge in [-0.1, -0.05) is 12.1 Å². The van der Waals surface area contributed by atoms with Crippen molar-refractivity contribution in [3.8, 4) is 16.9 Å². The molecule has 0 fully saturated rings. The standard InChI is InChI=1S/C24H22F4N2O2S/c1-30(33-22-9-7-20(25)8-10-22)15-23(31)29-14-16-11-18(13-21(12-16)32-2)17-3-5-19(6-4-17)24(26,27)28/h3-13H,14-15H2,1-2H3,(H,29,31).